The minimum Gasteiger partial charge on any atom is -0.443 e. The molecule has 1 atom stereocenters. The maximum absolute atomic E-state index is 11.4. The van der Waals surface area contributed by atoms with Crippen LogP contribution in [0.2, 0.25) is 5.02 Å². The van der Waals surface area contributed by atoms with Gasteiger partial charge < -0.3 is 10.5 Å². The van der Waals surface area contributed by atoms with Crippen LogP contribution in [-0.4, -0.2) is 25.3 Å². The lowest BCUT2D eigenvalue weighted by molar-refractivity contribution is 0.145. The number of hydrogen-bond acceptors (Lipinski definition) is 3. The van der Waals surface area contributed by atoms with Crippen molar-refractivity contribution in [2.75, 3.05) is 18.0 Å². The van der Waals surface area contributed by atoms with Gasteiger partial charge >= 0.3 is 6.09 Å². The fourth-order valence-electron chi connectivity index (χ4n) is 1.48. The summed E-state index contributed by atoms with van der Waals surface area (Å²) in [5.74, 6) is 0. The van der Waals surface area contributed by atoms with E-state index in [1.165, 1.54) is 0 Å². The molecule has 1 heterocycles. The van der Waals surface area contributed by atoms with Crippen LogP contribution in [0.4, 0.5) is 10.5 Å². The number of cyclic esters (lactones) is 1. The Balaban J connectivity index is 0.00000128. The highest BCUT2D eigenvalue weighted by atomic mass is 35.5. The van der Waals surface area contributed by atoms with Gasteiger partial charge in [-0.05, 0) is 24.3 Å². The Morgan fingerprint density at radius 3 is 2.56 bits per heavy atom. The summed E-state index contributed by atoms with van der Waals surface area (Å²) in [6, 6.07) is 7.03. The fourth-order valence-corrected chi connectivity index (χ4v) is 1.60. The summed E-state index contributed by atoms with van der Waals surface area (Å²) in [7, 11) is 0. The van der Waals surface area contributed by atoms with Crippen LogP contribution >= 0.6 is 24.0 Å². The van der Waals surface area contributed by atoms with Crippen LogP contribution in [0.3, 0.4) is 0 Å². The monoisotopic (exact) mass is 262 g/mol. The SMILES string of the molecule is Cl.NCC1CN(c2ccc(Cl)cc2)C(=O)O1. The summed E-state index contributed by atoms with van der Waals surface area (Å²) in [6.07, 6.45) is -0.569. The van der Waals surface area contributed by atoms with Gasteiger partial charge in [0.1, 0.15) is 6.10 Å². The molecule has 0 aromatic heterocycles. The summed E-state index contributed by atoms with van der Waals surface area (Å²) in [5.41, 5.74) is 6.21. The Labute approximate surface area is 105 Å². The molecule has 1 saturated heterocycles. The van der Waals surface area contributed by atoms with Gasteiger partial charge in [-0.2, -0.15) is 0 Å². The molecule has 1 amide bonds. The average Bonchev–Trinajstić information content (AvgIpc) is 2.61. The van der Waals surface area contributed by atoms with Crippen LogP contribution < -0.4 is 10.6 Å². The van der Waals surface area contributed by atoms with E-state index in [4.69, 9.17) is 22.1 Å². The molecule has 1 aliphatic rings. The maximum Gasteiger partial charge on any atom is 0.414 e. The molecule has 2 N–H and O–H groups in total. The van der Waals surface area contributed by atoms with Crippen molar-refractivity contribution in [1.29, 1.82) is 0 Å². The highest BCUT2D eigenvalue weighted by Crippen LogP contribution is 2.22. The van der Waals surface area contributed by atoms with Crippen LogP contribution in [0.1, 0.15) is 0 Å². The zero-order valence-electron chi connectivity index (χ0n) is 8.43. The van der Waals surface area contributed by atoms with E-state index in [0.717, 1.165) is 5.69 Å². The normalized spacial score (nSPS) is 19.2. The third-order valence-corrected chi connectivity index (χ3v) is 2.53. The lowest BCUT2D eigenvalue weighted by Crippen LogP contribution is -2.27. The topological polar surface area (TPSA) is 55.6 Å². The first-order valence-corrected chi connectivity index (χ1v) is 5.02. The quantitative estimate of drug-likeness (QED) is 0.888. The van der Waals surface area contributed by atoms with E-state index >= 15 is 0 Å². The Kier molecular flexibility index (Phi) is 4.41. The first-order chi connectivity index (χ1) is 7.20. The van der Waals surface area contributed by atoms with Crippen molar-refractivity contribution in [2.45, 2.75) is 6.10 Å². The second-order valence-corrected chi connectivity index (χ2v) is 3.76. The van der Waals surface area contributed by atoms with Gasteiger partial charge in [-0.15, -0.1) is 12.4 Å². The first kappa shape index (κ1) is 13.1. The molecule has 88 valence electrons. The number of amides is 1. The predicted octanol–water partition coefficient (Wildman–Crippen LogP) is 2.05. The molecule has 1 aromatic rings. The van der Waals surface area contributed by atoms with Crippen LogP contribution in [0.15, 0.2) is 24.3 Å². The van der Waals surface area contributed by atoms with E-state index in [-0.39, 0.29) is 24.6 Å². The number of rotatable bonds is 2. The number of carbonyl (C=O) groups is 1. The predicted molar refractivity (Wildman–Crippen MR) is 65.4 cm³/mol. The molecule has 2 rings (SSSR count). The van der Waals surface area contributed by atoms with Crippen molar-refractivity contribution in [2.24, 2.45) is 5.73 Å². The van der Waals surface area contributed by atoms with Gasteiger partial charge in [0.2, 0.25) is 0 Å². The van der Waals surface area contributed by atoms with Crippen molar-refractivity contribution in [3.05, 3.63) is 29.3 Å². The van der Waals surface area contributed by atoms with Gasteiger partial charge in [-0.1, -0.05) is 11.6 Å². The molecule has 1 aromatic carbocycles. The van der Waals surface area contributed by atoms with Crippen LogP contribution in [-0.2, 0) is 4.74 Å². The van der Waals surface area contributed by atoms with Crippen LogP contribution in [0, 0.1) is 0 Å². The third-order valence-electron chi connectivity index (χ3n) is 2.28. The van der Waals surface area contributed by atoms with E-state index in [0.29, 0.717) is 18.1 Å². The molecular weight excluding hydrogens is 251 g/mol. The highest BCUT2D eigenvalue weighted by molar-refractivity contribution is 6.30. The molecule has 1 fully saturated rings. The lowest BCUT2D eigenvalue weighted by atomic mass is 10.3. The van der Waals surface area contributed by atoms with E-state index in [1.54, 1.807) is 29.2 Å². The molecule has 6 heteroatoms. The summed E-state index contributed by atoms with van der Waals surface area (Å²) < 4.78 is 5.04. The van der Waals surface area contributed by atoms with Crippen molar-refractivity contribution in [3.8, 4) is 0 Å². The Hall–Kier alpha value is -0.970. The van der Waals surface area contributed by atoms with Gasteiger partial charge in [0.15, 0.2) is 0 Å². The number of nitrogens with zero attached hydrogens (tertiary/aromatic N) is 1. The summed E-state index contributed by atoms with van der Waals surface area (Å²) in [6.45, 7) is 0.840. The molecule has 0 radical (unpaired) electrons. The fraction of sp³-hybridized carbons (Fsp3) is 0.300. The molecule has 1 aliphatic heterocycles. The van der Waals surface area contributed by atoms with Gasteiger partial charge in [0.05, 0.1) is 6.54 Å². The second-order valence-electron chi connectivity index (χ2n) is 3.33. The van der Waals surface area contributed by atoms with E-state index in [2.05, 4.69) is 0 Å². The Morgan fingerprint density at radius 1 is 1.44 bits per heavy atom. The van der Waals surface area contributed by atoms with Crippen molar-refractivity contribution < 1.29 is 9.53 Å². The largest absolute Gasteiger partial charge is 0.443 e. The van der Waals surface area contributed by atoms with Crippen LogP contribution in [0.25, 0.3) is 0 Å². The molecule has 16 heavy (non-hydrogen) atoms. The third kappa shape index (κ3) is 2.58. The second kappa shape index (κ2) is 5.39. The minimum atomic E-state index is -0.354. The van der Waals surface area contributed by atoms with Crippen molar-refractivity contribution in [3.63, 3.8) is 0 Å². The first-order valence-electron chi connectivity index (χ1n) is 4.64. The molecule has 4 nitrogen and oxygen atoms in total. The minimum absolute atomic E-state index is 0. The van der Waals surface area contributed by atoms with Crippen LogP contribution in [0.5, 0.6) is 0 Å². The number of carbonyl (C=O) groups excluding carboxylic acids is 1. The number of benzene rings is 1. The molecular formula is C10H12Cl2N2O2. The van der Waals surface area contributed by atoms with E-state index in [9.17, 15) is 4.79 Å². The molecule has 0 bridgehead atoms. The lowest BCUT2D eigenvalue weighted by Gasteiger charge is -2.12. The van der Waals surface area contributed by atoms with Crippen molar-refractivity contribution in [1.82, 2.24) is 0 Å². The van der Waals surface area contributed by atoms with Gasteiger partial charge in [-0.3, -0.25) is 4.90 Å². The standard InChI is InChI=1S/C10H11ClN2O2.ClH/c11-7-1-3-8(4-2-7)13-6-9(5-12)15-10(13)14;/h1-4,9H,5-6,12H2;1H. The van der Waals surface area contributed by atoms with Gasteiger partial charge in [-0.25, -0.2) is 4.79 Å². The van der Waals surface area contributed by atoms with Gasteiger partial charge in [0.25, 0.3) is 0 Å². The number of hydrogen-bond donors (Lipinski definition) is 1. The Bertz CT molecular complexity index is 370. The molecule has 0 spiro atoms. The van der Waals surface area contributed by atoms with E-state index in [1.807, 2.05) is 0 Å². The molecule has 1 unspecified atom stereocenters. The Morgan fingerprint density at radius 2 is 2.06 bits per heavy atom. The molecule has 0 saturated carbocycles. The average molecular weight is 263 g/mol. The number of nitrogens with two attached hydrogens (primary N) is 1. The van der Waals surface area contributed by atoms with Crippen molar-refractivity contribution >= 4 is 35.8 Å². The summed E-state index contributed by atoms with van der Waals surface area (Å²) in [5, 5.41) is 0.640. The summed E-state index contributed by atoms with van der Waals surface area (Å²) in [4.78, 5) is 13.0. The van der Waals surface area contributed by atoms with Gasteiger partial charge in [0, 0.05) is 17.3 Å². The zero-order chi connectivity index (χ0) is 10.8. The number of anilines is 1. The smallest absolute Gasteiger partial charge is 0.414 e. The van der Waals surface area contributed by atoms with E-state index < -0.39 is 0 Å². The highest BCUT2D eigenvalue weighted by Gasteiger charge is 2.31. The number of ether oxygens (including phenoxy) is 1. The zero-order valence-corrected chi connectivity index (χ0v) is 10.0. The summed E-state index contributed by atoms with van der Waals surface area (Å²) >= 11 is 5.76. The molecule has 0 aliphatic carbocycles. The maximum atomic E-state index is 11.4. The number of halogens is 2.